The van der Waals surface area contributed by atoms with Crippen molar-refractivity contribution < 1.29 is 0 Å². The predicted octanol–water partition coefficient (Wildman–Crippen LogP) is 2.17. The van der Waals surface area contributed by atoms with Crippen molar-refractivity contribution in [1.82, 2.24) is 15.0 Å². The fourth-order valence-electron chi connectivity index (χ4n) is 1.67. The van der Waals surface area contributed by atoms with Gasteiger partial charge in [0.2, 0.25) is 0 Å². The van der Waals surface area contributed by atoms with Gasteiger partial charge in [0, 0.05) is 18.8 Å². The molecule has 2 N–H and O–H groups in total. The molecule has 0 spiro atoms. The second-order valence-corrected chi connectivity index (χ2v) is 4.31. The molecule has 0 aliphatic carbocycles. The predicted molar refractivity (Wildman–Crippen MR) is 67.6 cm³/mol. The third kappa shape index (κ3) is 2.78. The van der Waals surface area contributed by atoms with Gasteiger partial charge in [-0.25, -0.2) is 9.97 Å². The molecule has 17 heavy (non-hydrogen) atoms. The summed E-state index contributed by atoms with van der Waals surface area (Å²) in [5.74, 6) is 1.11. The van der Waals surface area contributed by atoms with Crippen LogP contribution in [0.15, 0.2) is 30.7 Å². The van der Waals surface area contributed by atoms with Crippen LogP contribution in [0.5, 0.6) is 0 Å². The number of nitrogens with two attached hydrogens (primary N) is 1. The summed E-state index contributed by atoms with van der Waals surface area (Å²) in [7, 11) is 0. The van der Waals surface area contributed by atoms with Gasteiger partial charge in [0.15, 0.2) is 0 Å². The van der Waals surface area contributed by atoms with Crippen LogP contribution in [0.25, 0.3) is 0 Å². The number of pyridine rings is 1. The monoisotopic (exact) mass is 228 g/mol. The zero-order valence-corrected chi connectivity index (χ0v) is 10.1. The van der Waals surface area contributed by atoms with Crippen LogP contribution in [0.3, 0.4) is 0 Å². The van der Waals surface area contributed by atoms with Gasteiger partial charge in [-0.05, 0) is 23.6 Å². The molecule has 88 valence electrons. The summed E-state index contributed by atoms with van der Waals surface area (Å²) >= 11 is 0. The molecule has 0 aliphatic heterocycles. The summed E-state index contributed by atoms with van der Waals surface area (Å²) in [5.41, 5.74) is 8.59. The minimum atomic E-state index is 0.314. The second kappa shape index (κ2) is 4.91. The summed E-state index contributed by atoms with van der Waals surface area (Å²) in [6.07, 6.45) is 5.95. The Labute approximate surface area is 101 Å². The molecule has 0 aliphatic rings. The minimum absolute atomic E-state index is 0.314. The molecular formula is C13H16N4. The van der Waals surface area contributed by atoms with E-state index in [1.807, 2.05) is 12.1 Å². The Morgan fingerprint density at radius 1 is 1.24 bits per heavy atom. The normalized spacial score (nSPS) is 10.8. The fourth-order valence-corrected chi connectivity index (χ4v) is 1.67. The number of rotatable bonds is 3. The van der Waals surface area contributed by atoms with Crippen molar-refractivity contribution in [2.75, 3.05) is 5.73 Å². The van der Waals surface area contributed by atoms with Crippen LogP contribution in [0, 0.1) is 0 Å². The van der Waals surface area contributed by atoms with Crippen molar-refractivity contribution in [1.29, 1.82) is 0 Å². The van der Waals surface area contributed by atoms with E-state index in [0.29, 0.717) is 18.0 Å². The lowest BCUT2D eigenvalue weighted by Gasteiger charge is -2.09. The zero-order chi connectivity index (χ0) is 12.3. The standard InChI is InChI=1S/C13H16N4/c1-9(2)13-11(14)8-16-12(17-13)7-10-3-5-15-6-4-10/h3-6,8-9H,7,14H2,1-2H3. The molecule has 4 heteroatoms. The molecule has 0 amide bonds. The van der Waals surface area contributed by atoms with E-state index in [9.17, 15) is 0 Å². The Kier molecular flexibility index (Phi) is 3.32. The molecule has 0 unspecified atom stereocenters. The van der Waals surface area contributed by atoms with E-state index in [0.717, 1.165) is 17.1 Å². The number of hydrogen-bond donors (Lipinski definition) is 1. The molecule has 2 aromatic rings. The van der Waals surface area contributed by atoms with Gasteiger partial charge in [-0.15, -0.1) is 0 Å². The molecule has 0 aromatic carbocycles. The van der Waals surface area contributed by atoms with Crippen LogP contribution in [0.2, 0.25) is 0 Å². The number of aromatic nitrogens is 3. The largest absolute Gasteiger partial charge is 0.396 e. The molecule has 0 radical (unpaired) electrons. The topological polar surface area (TPSA) is 64.7 Å². The highest BCUT2D eigenvalue weighted by molar-refractivity contribution is 5.42. The first kappa shape index (κ1) is 11.5. The molecule has 0 saturated carbocycles. The van der Waals surface area contributed by atoms with Gasteiger partial charge in [-0.1, -0.05) is 13.8 Å². The molecule has 2 aromatic heterocycles. The first-order valence-corrected chi connectivity index (χ1v) is 5.67. The molecule has 0 atom stereocenters. The SMILES string of the molecule is CC(C)c1nc(Cc2ccncc2)ncc1N. The lowest BCUT2D eigenvalue weighted by Crippen LogP contribution is -2.06. The summed E-state index contributed by atoms with van der Waals surface area (Å²) in [6, 6.07) is 3.93. The van der Waals surface area contributed by atoms with Crippen LogP contribution in [-0.2, 0) is 6.42 Å². The number of nitrogen functional groups attached to an aromatic ring is 1. The van der Waals surface area contributed by atoms with E-state index in [1.54, 1.807) is 18.6 Å². The van der Waals surface area contributed by atoms with E-state index in [1.165, 1.54) is 0 Å². The summed E-state index contributed by atoms with van der Waals surface area (Å²) in [5, 5.41) is 0. The quantitative estimate of drug-likeness (QED) is 0.874. The number of hydrogen-bond acceptors (Lipinski definition) is 4. The zero-order valence-electron chi connectivity index (χ0n) is 10.1. The third-order valence-electron chi connectivity index (χ3n) is 2.56. The first-order chi connectivity index (χ1) is 8.16. The highest BCUT2D eigenvalue weighted by Gasteiger charge is 2.08. The van der Waals surface area contributed by atoms with E-state index >= 15 is 0 Å². The minimum Gasteiger partial charge on any atom is -0.396 e. The Morgan fingerprint density at radius 3 is 2.59 bits per heavy atom. The molecule has 4 nitrogen and oxygen atoms in total. The molecule has 2 heterocycles. The van der Waals surface area contributed by atoms with Gasteiger partial charge in [0.1, 0.15) is 5.82 Å². The molecule has 0 bridgehead atoms. The summed E-state index contributed by atoms with van der Waals surface area (Å²) < 4.78 is 0. The maximum Gasteiger partial charge on any atom is 0.133 e. The van der Waals surface area contributed by atoms with E-state index in [4.69, 9.17) is 5.73 Å². The smallest absolute Gasteiger partial charge is 0.133 e. The van der Waals surface area contributed by atoms with Crippen molar-refractivity contribution in [2.24, 2.45) is 0 Å². The third-order valence-corrected chi connectivity index (χ3v) is 2.56. The Bertz CT molecular complexity index is 494. The highest BCUT2D eigenvalue weighted by atomic mass is 14.9. The van der Waals surface area contributed by atoms with Gasteiger partial charge in [0.05, 0.1) is 17.6 Å². The van der Waals surface area contributed by atoms with Gasteiger partial charge >= 0.3 is 0 Å². The lowest BCUT2D eigenvalue weighted by molar-refractivity contribution is 0.796. The Morgan fingerprint density at radius 2 is 1.94 bits per heavy atom. The molecule has 0 saturated heterocycles. The maximum atomic E-state index is 5.85. The molecule has 2 rings (SSSR count). The van der Waals surface area contributed by atoms with Crippen LogP contribution >= 0.6 is 0 Å². The fraction of sp³-hybridized carbons (Fsp3) is 0.308. The van der Waals surface area contributed by atoms with Gasteiger partial charge in [-0.2, -0.15) is 0 Å². The van der Waals surface area contributed by atoms with Crippen molar-refractivity contribution in [3.63, 3.8) is 0 Å². The van der Waals surface area contributed by atoms with E-state index in [-0.39, 0.29) is 0 Å². The summed E-state index contributed by atoms with van der Waals surface area (Å²) in [6.45, 7) is 4.16. The van der Waals surface area contributed by atoms with Crippen molar-refractivity contribution >= 4 is 5.69 Å². The van der Waals surface area contributed by atoms with Crippen LogP contribution in [0.4, 0.5) is 5.69 Å². The Balaban J connectivity index is 2.26. The van der Waals surface area contributed by atoms with E-state index in [2.05, 4.69) is 28.8 Å². The van der Waals surface area contributed by atoms with E-state index < -0.39 is 0 Å². The average molecular weight is 228 g/mol. The van der Waals surface area contributed by atoms with Crippen LogP contribution in [0.1, 0.15) is 36.8 Å². The van der Waals surface area contributed by atoms with Gasteiger partial charge < -0.3 is 5.73 Å². The highest BCUT2D eigenvalue weighted by Crippen LogP contribution is 2.18. The van der Waals surface area contributed by atoms with Crippen LogP contribution < -0.4 is 5.73 Å². The summed E-state index contributed by atoms with van der Waals surface area (Å²) in [4.78, 5) is 12.8. The molecular weight excluding hydrogens is 212 g/mol. The van der Waals surface area contributed by atoms with Crippen LogP contribution in [-0.4, -0.2) is 15.0 Å². The van der Waals surface area contributed by atoms with Crippen molar-refractivity contribution in [2.45, 2.75) is 26.2 Å². The maximum absolute atomic E-state index is 5.85. The van der Waals surface area contributed by atoms with Gasteiger partial charge in [0.25, 0.3) is 0 Å². The lowest BCUT2D eigenvalue weighted by atomic mass is 10.1. The second-order valence-electron chi connectivity index (χ2n) is 4.31. The average Bonchev–Trinajstić information content (AvgIpc) is 2.32. The first-order valence-electron chi connectivity index (χ1n) is 5.67. The molecule has 0 fully saturated rings. The van der Waals surface area contributed by atoms with Crippen molar-refractivity contribution in [3.05, 3.63) is 47.8 Å². The number of anilines is 1. The number of nitrogens with zero attached hydrogens (tertiary/aromatic N) is 3. The van der Waals surface area contributed by atoms with Gasteiger partial charge in [-0.3, -0.25) is 4.98 Å². The Hall–Kier alpha value is -1.97. The van der Waals surface area contributed by atoms with Crippen molar-refractivity contribution in [3.8, 4) is 0 Å².